The Morgan fingerprint density at radius 1 is 0.972 bits per heavy atom. The van der Waals surface area contributed by atoms with Crippen LogP contribution < -0.4 is 36.2 Å². The van der Waals surface area contributed by atoms with Gasteiger partial charge in [0.25, 0.3) is 5.91 Å². The molecule has 71 heavy (non-hydrogen) atoms. The van der Waals surface area contributed by atoms with Crippen molar-refractivity contribution in [3.05, 3.63) is 88.6 Å². The first-order valence-electron chi connectivity index (χ1n) is 23.3. The highest BCUT2D eigenvalue weighted by Crippen LogP contribution is 2.59. The number of nitrogens with zero attached hydrogens (tertiary/aromatic N) is 5. The molecule has 4 saturated heterocycles. The summed E-state index contributed by atoms with van der Waals surface area (Å²) >= 11 is 6.98. The summed E-state index contributed by atoms with van der Waals surface area (Å²) in [5.74, 6) is -2.21. The predicted molar refractivity (Wildman–Crippen MR) is 258 cm³/mol. The Kier molecular flexibility index (Phi) is 15.3. The van der Waals surface area contributed by atoms with Crippen molar-refractivity contribution in [3.8, 4) is 5.75 Å². The molecule has 24 heteroatoms. The van der Waals surface area contributed by atoms with Gasteiger partial charge in [0, 0.05) is 86.9 Å². The third kappa shape index (κ3) is 11.6. The SMILES string of the molecule is CN1CC[C@H]2CC[C@@H](C(=O)N[C@@H](CCC(N)=O)COc3cccc(N4CCN(Cc5ccc(N6CCC(=O)NC6=O)cc5)CC4)c3Cl)N2C(=O)[C@@H](NC(=O)c2cc3cc(C(F)(F)P(=O)(O)O)ccc3[nH]2)C1. The highest BCUT2D eigenvalue weighted by Gasteiger charge is 2.50. The molecule has 0 aliphatic carbocycles. The maximum Gasteiger partial charge on any atom is 0.399 e. The number of rotatable bonds is 16. The second kappa shape index (κ2) is 21.3. The number of carbonyl (C=O) groups excluding carboxylic acids is 6. The molecular formula is C47H56ClF2N10O10P. The Balaban J connectivity index is 0.886. The number of piperazine rings is 1. The molecule has 1 aromatic heterocycles. The number of nitrogens with two attached hydrogens (primary N) is 1. The van der Waals surface area contributed by atoms with E-state index in [9.17, 15) is 51.9 Å². The molecule has 5 heterocycles. The molecule has 4 aromatic rings. The van der Waals surface area contributed by atoms with Crippen molar-refractivity contribution in [2.45, 2.75) is 74.9 Å². The molecule has 380 valence electrons. The molecule has 8 rings (SSSR count). The lowest BCUT2D eigenvalue weighted by molar-refractivity contribution is -0.143. The summed E-state index contributed by atoms with van der Waals surface area (Å²) in [6.45, 7) is 4.44. The van der Waals surface area contributed by atoms with Crippen LogP contribution in [-0.2, 0) is 36.0 Å². The van der Waals surface area contributed by atoms with E-state index in [1.807, 2.05) is 41.3 Å². The zero-order chi connectivity index (χ0) is 50.8. The summed E-state index contributed by atoms with van der Waals surface area (Å²) in [7, 11) is -4.04. The van der Waals surface area contributed by atoms with E-state index < -0.39 is 66.6 Å². The average Bonchev–Trinajstić information content (AvgIpc) is 3.96. The predicted octanol–water partition coefficient (Wildman–Crippen LogP) is 3.44. The normalized spacial score (nSPS) is 21.1. The van der Waals surface area contributed by atoms with Crippen LogP contribution in [0.4, 0.5) is 25.0 Å². The van der Waals surface area contributed by atoms with Crippen molar-refractivity contribution in [2.75, 3.05) is 69.3 Å². The lowest BCUT2D eigenvalue weighted by Gasteiger charge is -2.38. The van der Waals surface area contributed by atoms with Crippen LogP contribution in [0, 0.1) is 0 Å². The molecule has 4 aliphatic rings. The molecular weight excluding hydrogens is 969 g/mol. The van der Waals surface area contributed by atoms with Gasteiger partial charge in [0.05, 0.1) is 11.7 Å². The number of H-pyrrole nitrogens is 1. The number of alkyl halides is 2. The first-order chi connectivity index (χ1) is 33.7. The van der Waals surface area contributed by atoms with E-state index in [-0.39, 0.29) is 61.0 Å². The zero-order valence-corrected chi connectivity index (χ0v) is 40.5. The number of anilines is 2. The molecule has 0 unspecified atom stereocenters. The number of aromatic amines is 1. The molecule has 3 aromatic carbocycles. The molecule has 0 radical (unpaired) electrons. The second-order valence-electron chi connectivity index (χ2n) is 18.4. The van der Waals surface area contributed by atoms with Crippen LogP contribution in [0.3, 0.4) is 0 Å². The smallest absolute Gasteiger partial charge is 0.399 e. The molecule has 4 atom stereocenters. The molecule has 0 bridgehead atoms. The lowest BCUT2D eigenvalue weighted by atomic mass is 10.1. The number of ether oxygens (including phenoxy) is 1. The summed E-state index contributed by atoms with van der Waals surface area (Å²) in [6, 6.07) is 13.8. The number of urea groups is 1. The fraction of sp³-hybridized carbons (Fsp3) is 0.447. The lowest BCUT2D eigenvalue weighted by Crippen LogP contribution is -2.60. The molecule has 4 fully saturated rings. The number of aromatic nitrogens is 1. The van der Waals surface area contributed by atoms with Crippen LogP contribution in [0.25, 0.3) is 10.9 Å². The van der Waals surface area contributed by atoms with Crippen molar-refractivity contribution in [1.29, 1.82) is 0 Å². The Morgan fingerprint density at radius 2 is 1.72 bits per heavy atom. The number of benzene rings is 3. The second-order valence-corrected chi connectivity index (χ2v) is 20.5. The number of fused-ring (bicyclic) bond motifs is 2. The maximum absolute atomic E-state index is 14.5. The van der Waals surface area contributed by atoms with E-state index in [4.69, 9.17) is 22.1 Å². The average molecular weight is 1030 g/mol. The van der Waals surface area contributed by atoms with Gasteiger partial charge in [0.1, 0.15) is 35.2 Å². The number of likely N-dealkylation sites (N-methyl/N-ethyl adjacent to an activating group) is 1. The van der Waals surface area contributed by atoms with Crippen LogP contribution >= 0.6 is 19.2 Å². The highest BCUT2D eigenvalue weighted by atomic mass is 35.5. The fourth-order valence-corrected chi connectivity index (χ4v) is 10.4. The van der Waals surface area contributed by atoms with Gasteiger partial charge >= 0.3 is 19.3 Å². The van der Waals surface area contributed by atoms with Gasteiger partial charge in [-0.3, -0.25) is 43.7 Å². The number of hydrogen-bond donors (Lipinski definition) is 7. The Morgan fingerprint density at radius 3 is 2.42 bits per heavy atom. The van der Waals surface area contributed by atoms with Gasteiger partial charge in [-0.1, -0.05) is 35.9 Å². The van der Waals surface area contributed by atoms with Crippen molar-refractivity contribution in [3.63, 3.8) is 0 Å². The van der Waals surface area contributed by atoms with Crippen LogP contribution in [0.5, 0.6) is 5.75 Å². The van der Waals surface area contributed by atoms with Crippen molar-refractivity contribution >= 4 is 77.0 Å². The minimum atomic E-state index is -5.84. The number of halogens is 3. The monoisotopic (exact) mass is 1020 g/mol. The van der Waals surface area contributed by atoms with Crippen molar-refractivity contribution in [1.82, 2.24) is 35.6 Å². The van der Waals surface area contributed by atoms with Crippen LogP contribution in [0.1, 0.15) is 60.1 Å². The summed E-state index contributed by atoms with van der Waals surface area (Å²) in [4.78, 5) is 109. The Labute approximate surface area is 412 Å². The van der Waals surface area contributed by atoms with Gasteiger partial charge < -0.3 is 50.6 Å². The van der Waals surface area contributed by atoms with E-state index in [0.717, 1.165) is 42.2 Å². The van der Waals surface area contributed by atoms with Crippen molar-refractivity contribution in [2.24, 2.45) is 5.73 Å². The summed E-state index contributed by atoms with van der Waals surface area (Å²) in [5.41, 5.74) is 2.86. The van der Waals surface area contributed by atoms with Gasteiger partial charge in [0.15, 0.2) is 0 Å². The zero-order valence-electron chi connectivity index (χ0n) is 38.8. The van der Waals surface area contributed by atoms with Crippen LogP contribution in [0.2, 0.25) is 5.02 Å². The molecule has 4 aliphatic heterocycles. The number of nitrogens with one attached hydrogen (secondary N) is 4. The highest BCUT2D eigenvalue weighted by molar-refractivity contribution is 7.52. The topological polar surface area (TPSA) is 263 Å². The molecule has 0 spiro atoms. The van der Waals surface area contributed by atoms with Gasteiger partial charge in [-0.15, -0.1) is 0 Å². The third-order valence-electron chi connectivity index (χ3n) is 13.5. The van der Waals surface area contributed by atoms with Gasteiger partial charge in [0.2, 0.25) is 23.6 Å². The number of imide groups is 1. The minimum Gasteiger partial charge on any atom is -0.490 e. The molecule has 0 saturated carbocycles. The number of primary amides is 1. The summed E-state index contributed by atoms with van der Waals surface area (Å²) < 4.78 is 46.7. The molecule has 8 N–H and O–H groups in total. The first-order valence-corrected chi connectivity index (χ1v) is 25.3. The Hall–Kier alpha value is -6.16. The van der Waals surface area contributed by atoms with Crippen LogP contribution in [0.15, 0.2) is 66.7 Å². The Bertz CT molecular complexity index is 2740. The fourth-order valence-electron chi connectivity index (χ4n) is 9.59. The first kappa shape index (κ1) is 51.2. The summed E-state index contributed by atoms with van der Waals surface area (Å²) in [6.07, 6.45) is 1.73. The standard InChI is InChI=1S/C47H56ClF2N10O10P/c1-56-17-15-33-11-13-38(60(33)45(65)36(26-56)54-43(63)35-24-29-23-30(7-12-34(29)53-35)47(49,50)71(67,68)69)44(64)52-31(8-14-40(51)61)27-70-39-4-2-3-37(42(39)48)58-21-19-57(20-22-58)25-28-5-9-32(10-6-28)59-18-16-41(62)55-46(59)66/h2-7,9-10,12,23-24,31,33,36,38,53H,8,11,13-22,25-27H2,1H3,(H2,51,61)(H,52,64)(H,54,63)(H,55,62,66)(H2,67,68,69)/t31-,33+,36-,38-/m0/s1. The number of amides is 7. The third-order valence-corrected chi connectivity index (χ3v) is 14.8. The van der Waals surface area contributed by atoms with E-state index in [0.29, 0.717) is 62.8 Å². The van der Waals surface area contributed by atoms with Gasteiger partial charge in [-0.05, 0) is 87.3 Å². The van der Waals surface area contributed by atoms with Crippen molar-refractivity contribution < 1.29 is 56.6 Å². The van der Waals surface area contributed by atoms with E-state index >= 15 is 0 Å². The largest absolute Gasteiger partial charge is 0.490 e. The van der Waals surface area contributed by atoms with E-state index in [1.165, 1.54) is 17.0 Å². The summed E-state index contributed by atoms with van der Waals surface area (Å²) in [5, 5.41) is 8.53. The number of hydrogen-bond acceptors (Lipinski definition) is 11. The van der Waals surface area contributed by atoms with E-state index in [1.54, 1.807) is 18.0 Å². The quantitative estimate of drug-likeness (QED) is 0.0795. The number of carbonyl (C=O) groups is 6. The van der Waals surface area contributed by atoms with Gasteiger partial charge in [-0.2, -0.15) is 8.78 Å². The van der Waals surface area contributed by atoms with Crippen LogP contribution in [-0.4, -0.2) is 149 Å². The molecule has 20 nitrogen and oxygen atoms in total. The minimum absolute atomic E-state index is 0.0637. The maximum atomic E-state index is 14.5. The molecule has 7 amide bonds. The van der Waals surface area contributed by atoms with E-state index in [2.05, 4.69) is 30.7 Å². The van der Waals surface area contributed by atoms with Gasteiger partial charge in [-0.25, -0.2) is 4.79 Å².